The third kappa shape index (κ3) is 1.09. The van der Waals surface area contributed by atoms with Gasteiger partial charge in [-0.05, 0) is 18.2 Å². The minimum Gasteiger partial charge on any atom is -0.508 e. The van der Waals surface area contributed by atoms with Gasteiger partial charge in [0, 0.05) is 11.1 Å². The van der Waals surface area contributed by atoms with Crippen LogP contribution in [0.1, 0.15) is 20.7 Å². The van der Waals surface area contributed by atoms with Gasteiger partial charge >= 0.3 is 0 Å². The quantitative estimate of drug-likeness (QED) is 0.553. The molecular weight excluding hydrogens is 236 g/mol. The van der Waals surface area contributed by atoms with Gasteiger partial charge in [0.05, 0.1) is 0 Å². The number of hydrogen-bond donors (Lipinski definition) is 1. The molecule has 0 aliphatic heterocycles. The summed E-state index contributed by atoms with van der Waals surface area (Å²) in [5, 5.41) is 9.11. The molecule has 0 bridgehead atoms. The van der Waals surface area contributed by atoms with Crippen LogP contribution in [-0.2, 0) is 0 Å². The third-order valence-corrected chi connectivity index (χ3v) is 2.83. The maximum atomic E-state index is 11.4. The van der Waals surface area contributed by atoms with E-state index in [0.717, 1.165) is 0 Å². The van der Waals surface area contributed by atoms with Crippen LogP contribution in [0, 0.1) is 0 Å². The smallest absolute Gasteiger partial charge is 0.185 e. The van der Waals surface area contributed by atoms with Gasteiger partial charge in [-0.25, -0.2) is 0 Å². The number of rotatable bonds is 0. The molecular formula is C9H5BrO3. The molecule has 4 heteroatoms. The Kier molecular flexibility index (Phi) is 1.73. The van der Waals surface area contributed by atoms with Gasteiger partial charge < -0.3 is 5.11 Å². The third-order valence-electron chi connectivity index (χ3n) is 1.99. The minimum absolute atomic E-state index is 0.00139. The number of phenolic OH excluding ortho intramolecular Hbond substituents is 1. The topological polar surface area (TPSA) is 54.4 Å². The predicted octanol–water partition coefficient (Wildman–Crippen LogP) is 1.53. The van der Waals surface area contributed by atoms with Crippen molar-refractivity contribution in [1.29, 1.82) is 0 Å². The molecule has 66 valence electrons. The molecule has 0 heterocycles. The monoisotopic (exact) mass is 240 g/mol. The van der Waals surface area contributed by atoms with Crippen molar-refractivity contribution in [2.24, 2.45) is 0 Å². The first-order valence-corrected chi connectivity index (χ1v) is 4.58. The molecule has 0 saturated heterocycles. The summed E-state index contributed by atoms with van der Waals surface area (Å²) >= 11 is 2.99. The fourth-order valence-electron chi connectivity index (χ4n) is 1.34. The first-order chi connectivity index (χ1) is 6.11. The van der Waals surface area contributed by atoms with Crippen molar-refractivity contribution in [3.05, 3.63) is 29.3 Å². The zero-order valence-corrected chi connectivity index (χ0v) is 8.04. The zero-order valence-electron chi connectivity index (χ0n) is 6.45. The van der Waals surface area contributed by atoms with Crippen LogP contribution in [0.25, 0.3) is 0 Å². The summed E-state index contributed by atoms with van der Waals surface area (Å²) in [6.45, 7) is 0. The number of aromatic hydroxyl groups is 1. The molecule has 1 aromatic rings. The van der Waals surface area contributed by atoms with E-state index in [1.165, 1.54) is 18.2 Å². The molecule has 1 atom stereocenters. The standard InChI is InChI=1S/C9H5BrO3/c10-7-8(12)5-2-1-4(11)3-6(5)9(7)13/h1-3,7,11H. The van der Waals surface area contributed by atoms with Crippen molar-refractivity contribution < 1.29 is 14.7 Å². The van der Waals surface area contributed by atoms with Crippen molar-refractivity contribution in [2.75, 3.05) is 0 Å². The van der Waals surface area contributed by atoms with Gasteiger partial charge in [-0.3, -0.25) is 9.59 Å². The van der Waals surface area contributed by atoms with E-state index in [1.807, 2.05) is 0 Å². The van der Waals surface area contributed by atoms with E-state index in [2.05, 4.69) is 15.9 Å². The molecule has 0 spiro atoms. The fraction of sp³-hybridized carbons (Fsp3) is 0.111. The zero-order chi connectivity index (χ0) is 9.59. The Bertz CT molecular complexity index is 411. The Labute approximate surface area is 82.5 Å². The number of halogens is 1. The summed E-state index contributed by atoms with van der Waals surface area (Å²) in [5.41, 5.74) is 0.677. The van der Waals surface area contributed by atoms with Crippen LogP contribution in [0.3, 0.4) is 0 Å². The molecule has 2 rings (SSSR count). The van der Waals surface area contributed by atoms with E-state index >= 15 is 0 Å². The van der Waals surface area contributed by atoms with Crippen molar-refractivity contribution in [3.8, 4) is 5.75 Å². The average molecular weight is 241 g/mol. The summed E-state index contributed by atoms with van der Waals surface area (Å²) < 4.78 is 0. The van der Waals surface area contributed by atoms with Gasteiger partial charge in [-0.15, -0.1) is 0 Å². The lowest BCUT2D eigenvalue weighted by Gasteiger charge is -1.95. The normalized spacial score (nSPS) is 20.5. The first-order valence-electron chi connectivity index (χ1n) is 3.67. The summed E-state index contributed by atoms with van der Waals surface area (Å²) in [6.07, 6.45) is 0. The molecule has 0 fully saturated rings. The molecule has 1 N–H and O–H groups in total. The summed E-state index contributed by atoms with van der Waals surface area (Å²) in [4.78, 5) is 22.0. The van der Waals surface area contributed by atoms with E-state index in [1.54, 1.807) is 0 Å². The highest BCUT2D eigenvalue weighted by atomic mass is 79.9. The summed E-state index contributed by atoms with van der Waals surface area (Å²) in [5.74, 6) is -0.516. The molecule has 1 aliphatic carbocycles. The van der Waals surface area contributed by atoms with Gasteiger partial charge in [0.2, 0.25) is 0 Å². The molecule has 1 aliphatic rings. The lowest BCUT2D eigenvalue weighted by molar-refractivity contribution is 0.0934. The maximum Gasteiger partial charge on any atom is 0.185 e. The number of fused-ring (bicyclic) bond motifs is 1. The van der Waals surface area contributed by atoms with E-state index < -0.39 is 4.83 Å². The highest BCUT2D eigenvalue weighted by Crippen LogP contribution is 2.29. The number of hydrogen-bond acceptors (Lipinski definition) is 3. The lowest BCUT2D eigenvalue weighted by Crippen LogP contribution is -2.13. The van der Waals surface area contributed by atoms with Crippen LogP contribution in [0.4, 0.5) is 0 Å². The average Bonchev–Trinajstić information content (AvgIpc) is 2.32. The summed E-state index contributed by atoms with van der Waals surface area (Å²) in [7, 11) is 0. The van der Waals surface area contributed by atoms with E-state index in [0.29, 0.717) is 11.1 Å². The molecule has 0 radical (unpaired) electrons. The Hall–Kier alpha value is -1.16. The Morgan fingerprint density at radius 1 is 1.15 bits per heavy atom. The number of carbonyl (C=O) groups is 2. The fourth-order valence-corrected chi connectivity index (χ4v) is 1.84. The van der Waals surface area contributed by atoms with Gasteiger partial charge in [0.15, 0.2) is 11.6 Å². The number of benzene rings is 1. The second-order valence-corrected chi connectivity index (χ2v) is 3.74. The highest BCUT2D eigenvalue weighted by Gasteiger charge is 2.36. The maximum absolute atomic E-state index is 11.4. The van der Waals surface area contributed by atoms with Gasteiger partial charge in [-0.2, -0.15) is 0 Å². The highest BCUT2D eigenvalue weighted by molar-refractivity contribution is 9.10. The van der Waals surface area contributed by atoms with E-state index in [4.69, 9.17) is 5.11 Å². The van der Waals surface area contributed by atoms with Crippen molar-refractivity contribution in [1.82, 2.24) is 0 Å². The molecule has 1 aromatic carbocycles. The molecule has 0 amide bonds. The van der Waals surface area contributed by atoms with Crippen LogP contribution in [-0.4, -0.2) is 21.5 Å². The van der Waals surface area contributed by atoms with Crippen LogP contribution < -0.4 is 0 Å². The second-order valence-electron chi connectivity index (χ2n) is 2.82. The number of carbonyl (C=O) groups excluding carboxylic acids is 2. The van der Waals surface area contributed by atoms with Crippen molar-refractivity contribution in [3.63, 3.8) is 0 Å². The molecule has 1 unspecified atom stereocenters. The molecule has 0 aromatic heterocycles. The van der Waals surface area contributed by atoms with Crippen LogP contribution >= 0.6 is 15.9 Å². The second kappa shape index (κ2) is 2.67. The number of phenols is 1. The van der Waals surface area contributed by atoms with Crippen molar-refractivity contribution >= 4 is 27.5 Å². The van der Waals surface area contributed by atoms with E-state index in [9.17, 15) is 9.59 Å². The number of alkyl halides is 1. The largest absolute Gasteiger partial charge is 0.508 e. The van der Waals surface area contributed by atoms with Gasteiger partial charge in [-0.1, -0.05) is 15.9 Å². The predicted molar refractivity (Wildman–Crippen MR) is 49.5 cm³/mol. The van der Waals surface area contributed by atoms with E-state index in [-0.39, 0.29) is 17.3 Å². The summed E-state index contributed by atoms with van der Waals surface area (Å²) in [6, 6.07) is 4.18. The first kappa shape index (κ1) is 8.44. The molecule has 3 nitrogen and oxygen atoms in total. The van der Waals surface area contributed by atoms with Gasteiger partial charge in [0.25, 0.3) is 0 Å². The van der Waals surface area contributed by atoms with Crippen LogP contribution in [0.2, 0.25) is 0 Å². The Morgan fingerprint density at radius 3 is 2.46 bits per heavy atom. The number of ketones is 2. The van der Waals surface area contributed by atoms with Gasteiger partial charge in [0.1, 0.15) is 10.6 Å². The molecule has 0 saturated carbocycles. The Balaban J connectivity index is 2.67. The minimum atomic E-state index is -0.774. The lowest BCUT2D eigenvalue weighted by atomic mass is 10.1. The van der Waals surface area contributed by atoms with Crippen LogP contribution in [0.15, 0.2) is 18.2 Å². The Morgan fingerprint density at radius 2 is 1.77 bits per heavy atom. The van der Waals surface area contributed by atoms with Crippen LogP contribution in [0.5, 0.6) is 5.75 Å². The number of Topliss-reactive ketones (excluding diaryl/α,β-unsaturated/α-hetero) is 2. The molecule has 13 heavy (non-hydrogen) atoms. The SMILES string of the molecule is O=C1c2ccc(O)cc2C(=O)C1Br. The van der Waals surface area contributed by atoms with Crippen molar-refractivity contribution in [2.45, 2.75) is 4.83 Å².